The van der Waals surface area contributed by atoms with Crippen molar-refractivity contribution in [2.24, 2.45) is 5.92 Å². The van der Waals surface area contributed by atoms with Gasteiger partial charge in [-0.15, -0.1) is 0 Å². The van der Waals surface area contributed by atoms with E-state index in [1.807, 2.05) is 6.92 Å². The number of amides is 1. The van der Waals surface area contributed by atoms with Gasteiger partial charge in [0.2, 0.25) is 5.91 Å². The van der Waals surface area contributed by atoms with Gasteiger partial charge in [-0.2, -0.15) is 0 Å². The molecule has 0 aromatic carbocycles. The van der Waals surface area contributed by atoms with Crippen molar-refractivity contribution in [3.05, 3.63) is 0 Å². The topological polar surface area (TPSA) is 44.4 Å². The molecule has 100 valence electrons. The van der Waals surface area contributed by atoms with Crippen LogP contribution in [0.25, 0.3) is 0 Å². The molecule has 0 aromatic heterocycles. The summed E-state index contributed by atoms with van der Waals surface area (Å²) in [5.74, 6) is 0.852. The molecule has 1 aliphatic heterocycles. The lowest BCUT2D eigenvalue weighted by Crippen LogP contribution is -2.45. The summed E-state index contributed by atoms with van der Waals surface area (Å²) < 4.78 is 0. The summed E-state index contributed by atoms with van der Waals surface area (Å²) in [6.45, 7) is 10.8. The molecule has 1 fully saturated rings. The van der Waals surface area contributed by atoms with Gasteiger partial charge in [-0.05, 0) is 38.8 Å². The van der Waals surface area contributed by atoms with Crippen LogP contribution in [0, 0.1) is 5.92 Å². The fourth-order valence-electron chi connectivity index (χ4n) is 2.32. The lowest BCUT2D eigenvalue weighted by Gasteiger charge is -2.32. The quantitative estimate of drug-likeness (QED) is 0.724. The molecule has 1 saturated heterocycles. The van der Waals surface area contributed by atoms with Crippen LogP contribution in [-0.4, -0.2) is 49.6 Å². The van der Waals surface area contributed by atoms with Crippen molar-refractivity contribution in [1.82, 2.24) is 15.5 Å². The van der Waals surface area contributed by atoms with Crippen LogP contribution in [0.5, 0.6) is 0 Å². The summed E-state index contributed by atoms with van der Waals surface area (Å²) in [6.07, 6.45) is 2.50. The average molecular weight is 241 g/mol. The highest BCUT2D eigenvalue weighted by Gasteiger charge is 2.21. The summed E-state index contributed by atoms with van der Waals surface area (Å²) in [7, 11) is 0. The number of carbonyl (C=O) groups is 1. The van der Waals surface area contributed by atoms with Crippen LogP contribution in [0.2, 0.25) is 0 Å². The number of hydrogen-bond donors (Lipinski definition) is 2. The van der Waals surface area contributed by atoms with Crippen LogP contribution in [0.15, 0.2) is 0 Å². The molecule has 4 nitrogen and oxygen atoms in total. The van der Waals surface area contributed by atoms with Crippen molar-refractivity contribution in [3.63, 3.8) is 0 Å². The maximum absolute atomic E-state index is 11.5. The summed E-state index contributed by atoms with van der Waals surface area (Å²) in [5, 5.41) is 6.35. The van der Waals surface area contributed by atoms with Gasteiger partial charge in [-0.1, -0.05) is 13.8 Å². The third kappa shape index (κ3) is 6.03. The summed E-state index contributed by atoms with van der Waals surface area (Å²) in [6, 6.07) is 0.550. The van der Waals surface area contributed by atoms with Crippen molar-refractivity contribution in [2.75, 3.05) is 32.7 Å². The standard InChI is InChI=1S/C13H27N3O/c1-4-14-13(17)10-16-7-5-6-12(9-16)8-15-11(2)3/h11-12,15H,4-10H2,1-3H3,(H,14,17). The first kappa shape index (κ1) is 14.5. The fraction of sp³-hybridized carbons (Fsp3) is 0.923. The molecule has 0 saturated carbocycles. The Hall–Kier alpha value is -0.610. The molecule has 0 aliphatic carbocycles. The Morgan fingerprint density at radius 1 is 1.47 bits per heavy atom. The molecule has 2 N–H and O–H groups in total. The molecule has 1 unspecified atom stereocenters. The largest absolute Gasteiger partial charge is 0.355 e. The van der Waals surface area contributed by atoms with Crippen molar-refractivity contribution < 1.29 is 4.79 Å². The number of piperidine rings is 1. The Bertz CT molecular complexity index is 231. The van der Waals surface area contributed by atoms with Crippen molar-refractivity contribution in [1.29, 1.82) is 0 Å². The van der Waals surface area contributed by atoms with Gasteiger partial charge < -0.3 is 10.6 Å². The van der Waals surface area contributed by atoms with Crippen molar-refractivity contribution in [3.8, 4) is 0 Å². The molecule has 4 heteroatoms. The number of rotatable bonds is 6. The van der Waals surface area contributed by atoms with Gasteiger partial charge >= 0.3 is 0 Å². The molecular weight excluding hydrogens is 214 g/mol. The Kier molecular flexibility index (Phi) is 6.52. The predicted molar refractivity (Wildman–Crippen MR) is 71.0 cm³/mol. The van der Waals surface area contributed by atoms with E-state index in [1.54, 1.807) is 0 Å². The third-order valence-electron chi connectivity index (χ3n) is 3.16. The lowest BCUT2D eigenvalue weighted by molar-refractivity contribution is -0.122. The van der Waals surface area contributed by atoms with Crippen LogP contribution >= 0.6 is 0 Å². The van der Waals surface area contributed by atoms with E-state index >= 15 is 0 Å². The third-order valence-corrected chi connectivity index (χ3v) is 3.16. The first-order valence-electron chi connectivity index (χ1n) is 6.84. The maximum Gasteiger partial charge on any atom is 0.234 e. The normalized spacial score (nSPS) is 21.8. The summed E-state index contributed by atoms with van der Waals surface area (Å²) in [4.78, 5) is 13.8. The van der Waals surface area contributed by atoms with E-state index in [9.17, 15) is 4.79 Å². The highest BCUT2D eigenvalue weighted by molar-refractivity contribution is 5.77. The molecule has 0 radical (unpaired) electrons. The number of nitrogens with one attached hydrogen (secondary N) is 2. The van der Waals surface area contributed by atoms with E-state index in [1.165, 1.54) is 12.8 Å². The zero-order chi connectivity index (χ0) is 12.7. The van der Waals surface area contributed by atoms with Gasteiger partial charge in [0.25, 0.3) is 0 Å². The van der Waals surface area contributed by atoms with Crippen LogP contribution in [0.4, 0.5) is 0 Å². The Labute approximate surface area is 105 Å². The van der Waals surface area contributed by atoms with E-state index in [2.05, 4.69) is 29.4 Å². The predicted octanol–water partition coefficient (Wildman–Crippen LogP) is 0.833. The van der Waals surface area contributed by atoms with Gasteiger partial charge in [-0.25, -0.2) is 0 Å². The minimum absolute atomic E-state index is 0.157. The Morgan fingerprint density at radius 3 is 2.88 bits per heavy atom. The van der Waals surface area contributed by atoms with E-state index in [4.69, 9.17) is 0 Å². The van der Waals surface area contributed by atoms with Crippen LogP contribution in [0.3, 0.4) is 0 Å². The smallest absolute Gasteiger partial charge is 0.234 e. The molecule has 17 heavy (non-hydrogen) atoms. The van der Waals surface area contributed by atoms with Crippen LogP contribution < -0.4 is 10.6 Å². The number of likely N-dealkylation sites (N-methyl/N-ethyl adjacent to an activating group) is 1. The Morgan fingerprint density at radius 2 is 2.24 bits per heavy atom. The van der Waals surface area contributed by atoms with Gasteiger partial charge in [-0.3, -0.25) is 9.69 Å². The lowest BCUT2D eigenvalue weighted by atomic mass is 9.98. The molecule has 1 rings (SSSR count). The minimum Gasteiger partial charge on any atom is -0.355 e. The van der Waals surface area contributed by atoms with Gasteiger partial charge in [0.05, 0.1) is 6.54 Å². The maximum atomic E-state index is 11.5. The number of hydrogen-bond acceptors (Lipinski definition) is 3. The average Bonchev–Trinajstić information content (AvgIpc) is 2.27. The van der Waals surface area contributed by atoms with Crippen molar-refractivity contribution >= 4 is 5.91 Å². The van der Waals surface area contributed by atoms with Crippen LogP contribution in [0.1, 0.15) is 33.6 Å². The van der Waals surface area contributed by atoms with E-state index in [-0.39, 0.29) is 5.91 Å². The number of nitrogens with zero attached hydrogens (tertiary/aromatic N) is 1. The molecular formula is C13H27N3O. The second-order valence-corrected chi connectivity index (χ2v) is 5.26. The van der Waals surface area contributed by atoms with E-state index in [0.29, 0.717) is 18.5 Å². The number of carbonyl (C=O) groups excluding carboxylic acids is 1. The van der Waals surface area contributed by atoms with E-state index < -0.39 is 0 Å². The molecule has 1 atom stereocenters. The molecule has 1 amide bonds. The summed E-state index contributed by atoms with van der Waals surface area (Å²) in [5.41, 5.74) is 0. The summed E-state index contributed by atoms with van der Waals surface area (Å²) >= 11 is 0. The van der Waals surface area contributed by atoms with Gasteiger partial charge in [0.15, 0.2) is 0 Å². The highest BCUT2D eigenvalue weighted by Crippen LogP contribution is 2.15. The highest BCUT2D eigenvalue weighted by atomic mass is 16.2. The first-order valence-corrected chi connectivity index (χ1v) is 6.84. The zero-order valence-corrected chi connectivity index (χ0v) is 11.5. The zero-order valence-electron chi connectivity index (χ0n) is 11.5. The van der Waals surface area contributed by atoms with Gasteiger partial charge in [0, 0.05) is 19.1 Å². The molecule has 0 spiro atoms. The Balaban J connectivity index is 2.25. The SMILES string of the molecule is CCNC(=O)CN1CCCC(CNC(C)C)C1. The minimum atomic E-state index is 0.157. The second-order valence-electron chi connectivity index (χ2n) is 5.26. The monoisotopic (exact) mass is 241 g/mol. The fourth-order valence-corrected chi connectivity index (χ4v) is 2.32. The number of likely N-dealkylation sites (tertiary alicyclic amines) is 1. The molecule has 1 aliphatic rings. The molecule has 1 heterocycles. The van der Waals surface area contributed by atoms with E-state index in [0.717, 1.165) is 26.2 Å². The van der Waals surface area contributed by atoms with Crippen molar-refractivity contribution in [2.45, 2.75) is 39.7 Å². The van der Waals surface area contributed by atoms with Crippen LogP contribution in [-0.2, 0) is 4.79 Å². The first-order chi connectivity index (χ1) is 8.11. The molecule has 0 aromatic rings. The second kappa shape index (κ2) is 7.67. The van der Waals surface area contributed by atoms with Gasteiger partial charge in [0.1, 0.15) is 0 Å². The molecule has 0 bridgehead atoms.